The Hall–Kier alpha value is -2.51. The number of carbonyl (C=O) groups excluding carboxylic acids is 2. The van der Waals surface area contributed by atoms with Gasteiger partial charge in [-0.05, 0) is 30.2 Å². The molecule has 2 aliphatic rings. The number of carbonyl (C=O) groups is 2. The fourth-order valence-corrected chi connectivity index (χ4v) is 4.82. The standard InChI is InChI=1S/C22H19FN2O2S2/c1-2-3-12-24-17-7-5-4-6-16(17)18(20(24)26)19-21(27)25(22(28)29-19)13-14-8-10-15(23)11-9-14/h4-11H,2-3,12-13H2,1H3. The van der Waals surface area contributed by atoms with Crippen molar-refractivity contribution in [3.05, 3.63) is 70.4 Å². The maximum absolute atomic E-state index is 13.2. The molecule has 0 bridgehead atoms. The summed E-state index contributed by atoms with van der Waals surface area (Å²) in [7, 11) is 0. The Labute approximate surface area is 178 Å². The molecular formula is C22H19FN2O2S2. The minimum atomic E-state index is -0.332. The summed E-state index contributed by atoms with van der Waals surface area (Å²) in [5.74, 6) is -0.761. The first kappa shape index (κ1) is 19.8. The molecule has 0 aromatic heterocycles. The molecule has 1 saturated heterocycles. The highest BCUT2D eigenvalue weighted by Crippen LogP contribution is 2.44. The molecule has 0 saturated carbocycles. The molecule has 4 rings (SSSR count). The Bertz CT molecular complexity index is 1030. The lowest BCUT2D eigenvalue weighted by molar-refractivity contribution is -0.122. The number of amides is 2. The molecule has 4 nitrogen and oxygen atoms in total. The van der Waals surface area contributed by atoms with Crippen molar-refractivity contribution in [2.24, 2.45) is 0 Å². The Balaban J connectivity index is 1.69. The summed E-state index contributed by atoms with van der Waals surface area (Å²) in [5.41, 5.74) is 2.81. The molecule has 2 heterocycles. The molecule has 29 heavy (non-hydrogen) atoms. The van der Waals surface area contributed by atoms with Gasteiger partial charge in [0.25, 0.3) is 11.8 Å². The number of anilines is 1. The van der Waals surface area contributed by atoms with Gasteiger partial charge < -0.3 is 4.90 Å². The molecule has 148 valence electrons. The van der Waals surface area contributed by atoms with Gasteiger partial charge in [-0.3, -0.25) is 14.5 Å². The maximum atomic E-state index is 13.2. The Morgan fingerprint density at radius 3 is 2.45 bits per heavy atom. The number of benzene rings is 2. The fraction of sp³-hybridized carbons (Fsp3) is 0.227. The van der Waals surface area contributed by atoms with Crippen molar-refractivity contribution in [2.75, 3.05) is 11.4 Å². The van der Waals surface area contributed by atoms with Crippen molar-refractivity contribution in [1.29, 1.82) is 0 Å². The van der Waals surface area contributed by atoms with Gasteiger partial charge in [-0.2, -0.15) is 0 Å². The number of nitrogens with zero attached hydrogens (tertiary/aromatic N) is 2. The van der Waals surface area contributed by atoms with Crippen LogP contribution in [0.25, 0.3) is 5.57 Å². The first-order chi connectivity index (χ1) is 14.0. The molecule has 2 aromatic carbocycles. The molecule has 0 radical (unpaired) electrons. The average molecular weight is 427 g/mol. The van der Waals surface area contributed by atoms with Crippen LogP contribution in [0.4, 0.5) is 10.1 Å². The molecule has 2 aliphatic heterocycles. The van der Waals surface area contributed by atoms with Crippen LogP contribution in [-0.2, 0) is 16.1 Å². The minimum absolute atomic E-state index is 0.151. The summed E-state index contributed by atoms with van der Waals surface area (Å²) in [6.07, 6.45) is 1.86. The smallest absolute Gasteiger partial charge is 0.267 e. The molecule has 0 atom stereocenters. The average Bonchev–Trinajstić information content (AvgIpc) is 3.15. The summed E-state index contributed by atoms with van der Waals surface area (Å²) in [5, 5.41) is 0. The van der Waals surface area contributed by atoms with Gasteiger partial charge in [-0.25, -0.2) is 4.39 Å². The van der Waals surface area contributed by atoms with Gasteiger partial charge in [0.15, 0.2) is 0 Å². The Morgan fingerprint density at radius 2 is 1.72 bits per heavy atom. The van der Waals surface area contributed by atoms with E-state index in [-0.39, 0.29) is 24.2 Å². The van der Waals surface area contributed by atoms with Gasteiger partial charge in [-0.15, -0.1) is 0 Å². The number of hydrogen-bond donors (Lipinski definition) is 0. The van der Waals surface area contributed by atoms with E-state index in [2.05, 4.69) is 6.92 Å². The van der Waals surface area contributed by atoms with Gasteiger partial charge in [0, 0.05) is 12.1 Å². The van der Waals surface area contributed by atoms with E-state index in [1.807, 2.05) is 24.3 Å². The zero-order valence-corrected chi connectivity index (χ0v) is 17.5. The van der Waals surface area contributed by atoms with Crippen LogP contribution in [0.3, 0.4) is 0 Å². The third-order valence-electron chi connectivity index (χ3n) is 4.99. The largest absolute Gasteiger partial charge is 0.308 e. The molecule has 0 unspecified atom stereocenters. The number of halogens is 1. The van der Waals surface area contributed by atoms with Crippen LogP contribution in [0.1, 0.15) is 30.9 Å². The van der Waals surface area contributed by atoms with Crippen LogP contribution in [0.15, 0.2) is 53.4 Å². The molecule has 7 heteroatoms. The predicted molar refractivity (Wildman–Crippen MR) is 118 cm³/mol. The highest BCUT2D eigenvalue weighted by Gasteiger charge is 2.41. The van der Waals surface area contributed by atoms with Gasteiger partial charge in [-0.1, -0.05) is 67.7 Å². The van der Waals surface area contributed by atoms with E-state index in [1.54, 1.807) is 17.0 Å². The van der Waals surface area contributed by atoms with Crippen molar-refractivity contribution in [2.45, 2.75) is 26.3 Å². The zero-order valence-electron chi connectivity index (χ0n) is 15.9. The van der Waals surface area contributed by atoms with Gasteiger partial charge in [0.1, 0.15) is 10.1 Å². The lowest BCUT2D eigenvalue weighted by atomic mass is 10.1. The highest BCUT2D eigenvalue weighted by molar-refractivity contribution is 8.26. The van der Waals surface area contributed by atoms with E-state index in [0.717, 1.165) is 41.4 Å². The number of para-hydroxylation sites is 1. The fourth-order valence-electron chi connectivity index (χ4n) is 3.50. The summed E-state index contributed by atoms with van der Waals surface area (Å²) in [6.45, 7) is 2.94. The first-order valence-corrected chi connectivity index (χ1v) is 10.7. The second kappa shape index (κ2) is 8.08. The highest BCUT2D eigenvalue weighted by atomic mass is 32.2. The third kappa shape index (κ3) is 3.60. The van der Waals surface area contributed by atoms with Crippen molar-refractivity contribution in [1.82, 2.24) is 4.90 Å². The van der Waals surface area contributed by atoms with Crippen LogP contribution >= 0.6 is 24.0 Å². The van der Waals surface area contributed by atoms with E-state index in [9.17, 15) is 14.0 Å². The van der Waals surface area contributed by atoms with Gasteiger partial charge >= 0.3 is 0 Å². The second-order valence-electron chi connectivity index (χ2n) is 6.92. The van der Waals surface area contributed by atoms with Crippen molar-refractivity contribution < 1.29 is 14.0 Å². The van der Waals surface area contributed by atoms with Crippen LogP contribution in [0.2, 0.25) is 0 Å². The molecule has 1 fully saturated rings. The Kier molecular flexibility index (Phi) is 5.52. The van der Waals surface area contributed by atoms with Gasteiger partial charge in [0.05, 0.1) is 22.7 Å². The van der Waals surface area contributed by atoms with E-state index in [1.165, 1.54) is 17.0 Å². The summed E-state index contributed by atoms with van der Waals surface area (Å²) in [6, 6.07) is 13.5. The second-order valence-corrected chi connectivity index (χ2v) is 8.56. The number of rotatable bonds is 5. The third-order valence-corrected chi connectivity index (χ3v) is 6.44. The van der Waals surface area contributed by atoms with Crippen molar-refractivity contribution >= 4 is 51.4 Å². The van der Waals surface area contributed by atoms with Crippen LogP contribution < -0.4 is 4.90 Å². The molecule has 2 aromatic rings. The monoisotopic (exact) mass is 426 g/mol. The van der Waals surface area contributed by atoms with Crippen LogP contribution in [0.5, 0.6) is 0 Å². The predicted octanol–water partition coefficient (Wildman–Crippen LogP) is 4.74. The van der Waals surface area contributed by atoms with Crippen LogP contribution in [0, 0.1) is 5.82 Å². The molecular weight excluding hydrogens is 407 g/mol. The van der Waals surface area contributed by atoms with E-state index < -0.39 is 0 Å². The number of hydrogen-bond acceptors (Lipinski definition) is 4. The summed E-state index contributed by atoms with van der Waals surface area (Å²) >= 11 is 6.59. The SMILES string of the molecule is CCCCN1C(=O)C(=C2SC(=S)N(Cc3ccc(F)cc3)C2=O)c2ccccc21. The zero-order chi connectivity index (χ0) is 20.5. The number of thioether (sulfide) groups is 1. The lowest BCUT2D eigenvalue weighted by Gasteiger charge is -2.16. The molecule has 2 amide bonds. The number of unbranched alkanes of at least 4 members (excludes halogenated alkanes) is 1. The van der Waals surface area contributed by atoms with E-state index in [4.69, 9.17) is 12.2 Å². The van der Waals surface area contributed by atoms with E-state index in [0.29, 0.717) is 21.3 Å². The normalized spacial score (nSPS) is 18.8. The van der Waals surface area contributed by atoms with Crippen molar-refractivity contribution in [3.63, 3.8) is 0 Å². The summed E-state index contributed by atoms with van der Waals surface area (Å²) in [4.78, 5) is 30.0. The first-order valence-electron chi connectivity index (χ1n) is 9.45. The van der Waals surface area contributed by atoms with Crippen molar-refractivity contribution in [3.8, 4) is 0 Å². The van der Waals surface area contributed by atoms with Gasteiger partial charge in [0.2, 0.25) is 0 Å². The molecule has 0 aliphatic carbocycles. The van der Waals surface area contributed by atoms with Crippen LogP contribution in [-0.4, -0.2) is 27.6 Å². The minimum Gasteiger partial charge on any atom is -0.308 e. The molecule has 0 N–H and O–H groups in total. The number of fused-ring (bicyclic) bond motifs is 1. The number of thiocarbonyl (C=S) groups is 1. The quantitative estimate of drug-likeness (QED) is 0.511. The lowest BCUT2D eigenvalue weighted by Crippen LogP contribution is -2.29. The van der Waals surface area contributed by atoms with E-state index >= 15 is 0 Å². The summed E-state index contributed by atoms with van der Waals surface area (Å²) < 4.78 is 13.6. The maximum Gasteiger partial charge on any atom is 0.267 e. The molecule has 0 spiro atoms. The topological polar surface area (TPSA) is 40.6 Å². The Morgan fingerprint density at radius 1 is 1.00 bits per heavy atom.